The van der Waals surface area contributed by atoms with Crippen LogP contribution in [0.5, 0.6) is 0 Å². The molecule has 7 rings (SSSR count). The minimum Gasteiger partial charge on any atom is -0.356 e. The summed E-state index contributed by atoms with van der Waals surface area (Å²) < 4.78 is 13.9. The maximum Gasteiger partial charge on any atom is 0.332 e. The van der Waals surface area contributed by atoms with Crippen molar-refractivity contribution in [2.45, 2.75) is 24.9 Å². The van der Waals surface area contributed by atoms with Crippen LogP contribution in [0, 0.1) is 5.82 Å². The first-order chi connectivity index (χ1) is 20.5. The third kappa shape index (κ3) is 4.23. The third-order valence-corrected chi connectivity index (χ3v) is 8.17. The van der Waals surface area contributed by atoms with Gasteiger partial charge in [0.05, 0.1) is 11.3 Å². The predicted octanol–water partition coefficient (Wildman–Crippen LogP) is 5.76. The molecule has 0 radical (unpaired) electrons. The van der Waals surface area contributed by atoms with E-state index in [4.69, 9.17) is 0 Å². The molecule has 208 valence electrons. The molecule has 0 saturated carbocycles. The number of para-hydroxylation sites is 2. The number of halogens is 1. The summed E-state index contributed by atoms with van der Waals surface area (Å²) in [6.45, 7) is 0.405. The van der Waals surface area contributed by atoms with Crippen LogP contribution in [0.1, 0.15) is 38.8 Å². The molecule has 2 aliphatic rings. The minimum atomic E-state index is -0.784. The Morgan fingerprint density at radius 2 is 1.60 bits per heavy atom. The lowest BCUT2D eigenvalue weighted by atomic mass is 9.89. The monoisotopic (exact) mass is 558 g/mol. The van der Waals surface area contributed by atoms with Crippen molar-refractivity contribution in [1.82, 2.24) is 15.2 Å². The summed E-state index contributed by atoms with van der Waals surface area (Å²) in [7, 11) is 0. The number of urea groups is 1. The highest BCUT2D eigenvalue weighted by atomic mass is 19.1. The van der Waals surface area contributed by atoms with Crippen molar-refractivity contribution in [2.24, 2.45) is 0 Å². The second kappa shape index (κ2) is 10.3. The van der Waals surface area contributed by atoms with Gasteiger partial charge in [-0.15, -0.1) is 0 Å². The summed E-state index contributed by atoms with van der Waals surface area (Å²) in [6, 6.07) is 28.4. The normalized spacial score (nSPS) is 17.8. The van der Waals surface area contributed by atoms with E-state index in [1.807, 2.05) is 54.6 Å². The number of amides is 4. The number of H-pyrrole nitrogens is 1. The number of aromatic amines is 1. The minimum absolute atomic E-state index is 0.241. The van der Waals surface area contributed by atoms with Gasteiger partial charge in [-0.2, -0.15) is 0 Å². The van der Waals surface area contributed by atoms with Gasteiger partial charge in [-0.05, 0) is 53.4 Å². The van der Waals surface area contributed by atoms with Gasteiger partial charge in [0.1, 0.15) is 17.9 Å². The smallest absolute Gasteiger partial charge is 0.332 e. The number of imide groups is 1. The number of anilines is 1. The van der Waals surface area contributed by atoms with Gasteiger partial charge in [0.25, 0.3) is 11.8 Å². The van der Waals surface area contributed by atoms with E-state index >= 15 is 0 Å². The molecule has 0 aliphatic carbocycles. The standard InChI is InChI=1S/C34H27FN4O3/c35-23-16-14-22(15-17-23)31-30-26(24-10-4-6-12-27(24)37-30)20-29-33(41)39(34(42)38(29)31)28-13-7-5-11-25(28)32(40)36-19-18-21-8-2-1-3-9-21/h1-17,29,31,37H,18-20H2,(H,36,40). The lowest BCUT2D eigenvalue weighted by Gasteiger charge is -2.36. The van der Waals surface area contributed by atoms with Gasteiger partial charge < -0.3 is 10.3 Å². The topological polar surface area (TPSA) is 85.5 Å². The summed E-state index contributed by atoms with van der Waals surface area (Å²) in [4.78, 5) is 47.8. The van der Waals surface area contributed by atoms with Crippen LogP contribution < -0.4 is 10.2 Å². The van der Waals surface area contributed by atoms with E-state index in [9.17, 15) is 18.8 Å². The first-order valence-corrected chi connectivity index (χ1v) is 13.9. The van der Waals surface area contributed by atoms with Gasteiger partial charge in [-0.3, -0.25) is 14.5 Å². The fourth-order valence-corrected chi connectivity index (χ4v) is 6.21. The molecule has 2 N–H and O–H groups in total. The lowest BCUT2D eigenvalue weighted by Crippen LogP contribution is -2.44. The van der Waals surface area contributed by atoms with Gasteiger partial charge in [0.15, 0.2) is 0 Å². The van der Waals surface area contributed by atoms with Gasteiger partial charge >= 0.3 is 6.03 Å². The number of benzene rings is 4. The van der Waals surface area contributed by atoms with Gasteiger partial charge in [-0.25, -0.2) is 14.1 Å². The number of hydrogen-bond donors (Lipinski definition) is 2. The van der Waals surface area contributed by atoms with Crippen molar-refractivity contribution in [3.63, 3.8) is 0 Å². The molecule has 0 spiro atoms. The second-order valence-electron chi connectivity index (χ2n) is 10.6. The Bertz CT molecular complexity index is 1830. The Labute approximate surface area is 241 Å². The van der Waals surface area contributed by atoms with Crippen LogP contribution in [0.15, 0.2) is 103 Å². The summed E-state index contributed by atoms with van der Waals surface area (Å²) in [5.74, 6) is -1.15. The van der Waals surface area contributed by atoms with Crippen molar-refractivity contribution in [3.8, 4) is 0 Å². The molecular formula is C34H27FN4O3. The maximum absolute atomic E-state index is 14.2. The summed E-state index contributed by atoms with van der Waals surface area (Å²) in [5, 5.41) is 3.91. The van der Waals surface area contributed by atoms with Crippen molar-refractivity contribution >= 4 is 34.4 Å². The van der Waals surface area contributed by atoms with Crippen LogP contribution >= 0.6 is 0 Å². The number of carbonyl (C=O) groups is 3. The molecule has 4 aromatic carbocycles. The number of nitrogens with zero attached hydrogens (tertiary/aromatic N) is 2. The van der Waals surface area contributed by atoms with E-state index < -0.39 is 24.0 Å². The number of rotatable bonds is 6. The molecule has 2 unspecified atom stereocenters. The molecule has 7 nitrogen and oxygen atoms in total. The summed E-state index contributed by atoms with van der Waals surface area (Å²) >= 11 is 0. The van der Waals surface area contributed by atoms with Crippen molar-refractivity contribution in [1.29, 1.82) is 0 Å². The van der Waals surface area contributed by atoms with Crippen LogP contribution in [0.4, 0.5) is 14.9 Å². The summed E-state index contributed by atoms with van der Waals surface area (Å²) in [6.07, 6.45) is 0.973. The number of nitrogens with one attached hydrogen (secondary N) is 2. The predicted molar refractivity (Wildman–Crippen MR) is 158 cm³/mol. The SMILES string of the molecule is O=C(NCCc1ccccc1)c1ccccc1N1C(=O)C2Cc3c([nH]c4ccccc34)C(c3ccc(F)cc3)N2C1=O. The molecule has 8 heteroatoms. The van der Waals surface area contributed by atoms with Crippen molar-refractivity contribution in [3.05, 3.63) is 137 Å². The molecule has 4 amide bonds. The number of carbonyl (C=O) groups excluding carboxylic acids is 3. The Morgan fingerprint density at radius 3 is 2.40 bits per heavy atom. The van der Waals surface area contributed by atoms with Crippen LogP contribution in [0.3, 0.4) is 0 Å². The maximum atomic E-state index is 14.2. The van der Waals surface area contributed by atoms with E-state index in [2.05, 4.69) is 10.3 Å². The van der Waals surface area contributed by atoms with E-state index in [-0.39, 0.29) is 23.0 Å². The number of hydrogen-bond acceptors (Lipinski definition) is 3. The average molecular weight is 559 g/mol. The Morgan fingerprint density at radius 1 is 0.881 bits per heavy atom. The lowest BCUT2D eigenvalue weighted by molar-refractivity contribution is -0.120. The Kier molecular flexibility index (Phi) is 6.31. The molecule has 0 bridgehead atoms. The quantitative estimate of drug-likeness (QED) is 0.260. The van der Waals surface area contributed by atoms with Crippen LogP contribution in [-0.4, -0.2) is 40.3 Å². The first-order valence-electron chi connectivity index (χ1n) is 13.9. The zero-order chi connectivity index (χ0) is 28.8. The van der Waals surface area contributed by atoms with Crippen molar-refractivity contribution < 1.29 is 18.8 Å². The van der Waals surface area contributed by atoms with Gasteiger partial charge in [0.2, 0.25) is 0 Å². The first kappa shape index (κ1) is 25.7. The van der Waals surface area contributed by atoms with E-state index in [0.717, 1.165) is 32.6 Å². The molecule has 1 fully saturated rings. The largest absolute Gasteiger partial charge is 0.356 e. The molecule has 5 aromatic rings. The molecule has 2 aliphatic heterocycles. The second-order valence-corrected chi connectivity index (χ2v) is 10.6. The van der Waals surface area contributed by atoms with Gasteiger partial charge in [-0.1, -0.05) is 72.8 Å². The molecule has 3 heterocycles. The number of aromatic nitrogens is 1. The fraction of sp³-hybridized carbons (Fsp3) is 0.147. The van der Waals surface area contributed by atoms with Crippen LogP contribution in [0.25, 0.3) is 10.9 Å². The Balaban J connectivity index is 1.25. The average Bonchev–Trinajstić information content (AvgIpc) is 3.51. The van der Waals surface area contributed by atoms with E-state index in [1.54, 1.807) is 41.3 Å². The highest BCUT2D eigenvalue weighted by Crippen LogP contribution is 2.45. The van der Waals surface area contributed by atoms with Crippen LogP contribution in [-0.2, 0) is 17.6 Å². The zero-order valence-corrected chi connectivity index (χ0v) is 22.6. The van der Waals surface area contributed by atoms with E-state index in [0.29, 0.717) is 24.9 Å². The van der Waals surface area contributed by atoms with E-state index in [1.165, 1.54) is 12.1 Å². The summed E-state index contributed by atoms with van der Waals surface area (Å²) in [5.41, 5.74) is 4.93. The van der Waals surface area contributed by atoms with Gasteiger partial charge in [0, 0.05) is 29.6 Å². The third-order valence-electron chi connectivity index (χ3n) is 8.17. The van der Waals surface area contributed by atoms with Crippen LogP contribution in [0.2, 0.25) is 0 Å². The number of fused-ring (bicyclic) bond motifs is 4. The molecular weight excluding hydrogens is 531 g/mol. The van der Waals surface area contributed by atoms with Crippen molar-refractivity contribution in [2.75, 3.05) is 11.4 Å². The fourth-order valence-electron chi connectivity index (χ4n) is 6.21. The Hall–Kier alpha value is -5.24. The highest BCUT2D eigenvalue weighted by molar-refractivity contribution is 6.24. The highest BCUT2D eigenvalue weighted by Gasteiger charge is 2.53. The zero-order valence-electron chi connectivity index (χ0n) is 22.6. The molecule has 1 saturated heterocycles. The molecule has 2 atom stereocenters. The molecule has 1 aromatic heterocycles. The molecule has 42 heavy (non-hydrogen) atoms.